The number of hydrogen-bond donors (Lipinski definition) is 2. The van der Waals surface area contributed by atoms with Crippen LogP contribution in [0.15, 0.2) is 102 Å². The molecule has 0 radical (unpaired) electrons. The highest BCUT2D eigenvalue weighted by atomic mass is 19.4. The van der Waals surface area contributed by atoms with Crippen LogP contribution in [0.3, 0.4) is 0 Å². The number of anilines is 2. The maximum absolute atomic E-state index is 13.8. The smallest absolute Gasteiger partial charge is 0.418 e. The Morgan fingerprint density at radius 2 is 1.43 bits per heavy atom. The van der Waals surface area contributed by atoms with Crippen molar-refractivity contribution in [2.45, 2.75) is 18.5 Å². The molecule has 2 amide bonds. The predicted molar refractivity (Wildman–Crippen MR) is 126 cm³/mol. The lowest BCUT2D eigenvalue weighted by atomic mass is 9.88. The van der Waals surface area contributed by atoms with Crippen molar-refractivity contribution in [3.05, 3.63) is 120 Å². The molecule has 5 nitrogen and oxygen atoms in total. The molecule has 1 heterocycles. The molecule has 0 bridgehead atoms. The fraction of sp³-hybridized carbons (Fsp3) is 0.111. The zero-order valence-electron chi connectivity index (χ0n) is 18.4. The third-order valence-corrected chi connectivity index (χ3v) is 5.40. The van der Waals surface area contributed by atoms with Gasteiger partial charge in [0.15, 0.2) is 5.76 Å². The first-order chi connectivity index (χ1) is 16.8. The number of halogens is 3. The summed E-state index contributed by atoms with van der Waals surface area (Å²) < 4.78 is 46.4. The van der Waals surface area contributed by atoms with Gasteiger partial charge in [-0.25, -0.2) is 0 Å². The van der Waals surface area contributed by atoms with Crippen LogP contribution in [0.4, 0.5) is 24.5 Å². The summed E-state index contributed by atoms with van der Waals surface area (Å²) in [7, 11) is 0. The molecule has 0 unspecified atom stereocenters. The van der Waals surface area contributed by atoms with E-state index in [1.165, 1.54) is 24.5 Å². The maximum atomic E-state index is 13.8. The third kappa shape index (κ3) is 5.97. The summed E-state index contributed by atoms with van der Waals surface area (Å²) in [6.07, 6.45) is -3.53. The van der Waals surface area contributed by atoms with Crippen molar-refractivity contribution < 1.29 is 27.2 Å². The highest BCUT2D eigenvalue weighted by Crippen LogP contribution is 2.37. The van der Waals surface area contributed by atoms with Gasteiger partial charge in [-0.1, -0.05) is 60.7 Å². The van der Waals surface area contributed by atoms with E-state index in [1.54, 1.807) is 0 Å². The van der Waals surface area contributed by atoms with Gasteiger partial charge < -0.3 is 15.1 Å². The van der Waals surface area contributed by atoms with E-state index >= 15 is 0 Å². The van der Waals surface area contributed by atoms with Gasteiger partial charge in [0.25, 0.3) is 5.91 Å². The zero-order valence-corrected chi connectivity index (χ0v) is 18.4. The largest absolute Gasteiger partial charge is 0.459 e. The number of carbonyl (C=O) groups excluding carboxylic acids is 2. The van der Waals surface area contributed by atoms with E-state index in [0.29, 0.717) is 0 Å². The van der Waals surface area contributed by atoms with Gasteiger partial charge in [0.05, 0.1) is 17.5 Å². The number of rotatable bonds is 7. The van der Waals surface area contributed by atoms with Crippen molar-refractivity contribution in [3.8, 4) is 0 Å². The molecule has 0 spiro atoms. The topological polar surface area (TPSA) is 71.3 Å². The molecule has 0 aliphatic heterocycles. The van der Waals surface area contributed by atoms with Gasteiger partial charge in [-0.2, -0.15) is 13.2 Å². The SMILES string of the molecule is O=C(CC(c1ccccc1)c1ccccc1)Nc1ccc(NC(=O)c2ccco2)cc1C(F)(F)F. The Labute approximate surface area is 199 Å². The Morgan fingerprint density at radius 3 is 1.97 bits per heavy atom. The summed E-state index contributed by atoms with van der Waals surface area (Å²) in [5.41, 5.74) is 0.211. The lowest BCUT2D eigenvalue weighted by molar-refractivity contribution is -0.136. The second kappa shape index (κ2) is 10.3. The summed E-state index contributed by atoms with van der Waals surface area (Å²) in [5.74, 6) is -1.63. The van der Waals surface area contributed by atoms with Crippen molar-refractivity contribution in [1.82, 2.24) is 0 Å². The quantitative estimate of drug-likeness (QED) is 0.310. The number of alkyl halides is 3. The molecule has 178 valence electrons. The van der Waals surface area contributed by atoms with E-state index in [1.807, 2.05) is 60.7 Å². The molecule has 0 saturated carbocycles. The van der Waals surface area contributed by atoms with Crippen molar-refractivity contribution >= 4 is 23.2 Å². The van der Waals surface area contributed by atoms with Gasteiger partial charge in [-0.15, -0.1) is 0 Å². The first-order valence-corrected chi connectivity index (χ1v) is 10.8. The summed E-state index contributed by atoms with van der Waals surface area (Å²) in [6.45, 7) is 0. The van der Waals surface area contributed by atoms with Crippen LogP contribution < -0.4 is 10.6 Å². The molecule has 3 aromatic carbocycles. The summed E-state index contributed by atoms with van der Waals surface area (Å²) in [6, 6.07) is 24.7. The maximum Gasteiger partial charge on any atom is 0.418 e. The average Bonchev–Trinajstić information content (AvgIpc) is 3.39. The van der Waals surface area contributed by atoms with Crippen molar-refractivity contribution in [2.24, 2.45) is 0 Å². The number of furan rings is 1. The number of carbonyl (C=O) groups is 2. The third-order valence-electron chi connectivity index (χ3n) is 5.40. The van der Waals surface area contributed by atoms with E-state index < -0.39 is 29.2 Å². The Hall–Kier alpha value is -4.33. The molecule has 35 heavy (non-hydrogen) atoms. The normalized spacial score (nSPS) is 11.3. The van der Waals surface area contributed by atoms with Gasteiger partial charge >= 0.3 is 6.18 Å². The van der Waals surface area contributed by atoms with Crippen LogP contribution in [0.1, 0.15) is 39.6 Å². The molecule has 4 aromatic rings. The van der Waals surface area contributed by atoms with Crippen molar-refractivity contribution in [3.63, 3.8) is 0 Å². The first-order valence-electron chi connectivity index (χ1n) is 10.8. The van der Waals surface area contributed by atoms with Crippen LogP contribution >= 0.6 is 0 Å². The second-order valence-corrected chi connectivity index (χ2v) is 7.82. The lowest BCUT2D eigenvalue weighted by Gasteiger charge is -2.19. The summed E-state index contributed by atoms with van der Waals surface area (Å²) in [4.78, 5) is 25.0. The molecule has 0 atom stereocenters. The Morgan fingerprint density at radius 1 is 0.800 bits per heavy atom. The summed E-state index contributed by atoms with van der Waals surface area (Å²) in [5, 5.41) is 4.77. The lowest BCUT2D eigenvalue weighted by Crippen LogP contribution is -2.20. The molecule has 8 heteroatoms. The van der Waals surface area contributed by atoms with Gasteiger partial charge in [0, 0.05) is 18.0 Å². The minimum Gasteiger partial charge on any atom is -0.459 e. The van der Waals surface area contributed by atoms with E-state index in [9.17, 15) is 22.8 Å². The van der Waals surface area contributed by atoms with Crippen LogP contribution in [0.2, 0.25) is 0 Å². The van der Waals surface area contributed by atoms with Gasteiger partial charge in [0.2, 0.25) is 5.91 Å². The fourth-order valence-electron chi connectivity index (χ4n) is 3.75. The highest BCUT2D eigenvalue weighted by Gasteiger charge is 2.34. The van der Waals surface area contributed by atoms with E-state index in [4.69, 9.17) is 4.42 Å². The van der Waals surface area contributed by atoms with E-state index in [0.717, 1.165) is 23.3 Å². The van der Waals surface area contributed by atoms with Gasteiger partial charge in [0.1, 0.15) is 0 Å². The van der Waals surface area contributed by atoms with E-state index in [-0.39, 0.29) is 23.8 Å². The molecule has 2 N–H and O–H groups in total. The molecule has 0 fully saturated rings. The number of hydrogen-bond acceptors (Lipinski definition) is 3. The van der Waals surface area contributed by atoms with Crippen LogP contribution in [-0.2, 0) is 11.0 Å². The van der Waals surface area contributed by atoms with Crippen molar-refractivity contribution in [1.29, 1.82) is 0 Å². The molecule has 0 saturated heterocycles. The van der Waals surface area contributed by atoms with Crippen LogP contribution in [0.25, 0.3) is 0 Å². The van der Waals surface area contributed by atoms with Gasteiger partial charge in [-0.3, -0.25) is 9.59 Å². The highest BCUT2D eigenvalue weighted by molar-refractivity contribution is 6.02. The summed E-state index contributed by atoms with van der Waals surface area (Å²) >= 11 is 0. The van der Waals surface area contributed by atoms with Crippen LogP contribution in [-0.4, -0.2) is 11.8 Å². The predicted octanol–water partition coefficient (Wildman–Crippen LogP) is 6.71. The van der Waals surface area contributed by atoms with Crippen LogP contribution in [0, 0.1) is 0 Å². The first kappa shape index (κ1) is 23.8. The molecule has 1 aromatic heterocycles. The monoisotopic (exact) mass is 478 g/mol. The molecule has 0 aliphatic carbocycles. The fourth-order valence-corrected chi connectivity index (χ4v) is 3.75. The van der Waals surface area contributed by atoms with E-state index in [2.05, 4.69) is 10.6 Å². The Balaban J connectivity index is 1.56. The minimum atomic E-state index is -4.76. The molecule has 0 aliphatic rings. The number of amides is 2. The van der Waals surface area contributed by atoms with Crippen molar-refractivity contribution in [2.75, 3.05) is 10.6 Å². The standard InChI is InChI=1S/C27H21F3N2O3/c28-27(29,30)22-16-20(31-26(34)24-12-7-15-35-24)13-14-23(22)32-25(33)17-21(18-8-3-1-4-9-18)19-10-5-2-6-11-19/h1-16,21H,17H2,(H,31,34)(H,32,33). The van der Waals surface area contributed by atoms with Crippen LogP contribution in [0.5, 0.6) is 0 Å². The molecule has 4 rings (SSSR count). The number of benzene rings is 3. The zero-order chi connectivity index (χ0) is 24.8. The number of nitrogens with one attached hydrogen (secondary N) is 2. The molecular formula is C27H21F3N2O3. The minimum absolute atomic E-state index is 0.0381. The average molecular weight is 478 g/mol. The Kier molecular flexibility index (Phi) is 7.01. The van der Waals surface area contributed by atoms with Gasteiger partial charge in [-0.05, 0) is 41.5 Å². The second-order valence-electron chi connectivity index (χ2n) is 7.82. The molecular weight excluding hydrogens is 457 g/mol. The Bertz CT molecular complexity index is 1250.